The standard InChI is InChI=1S/C17H21N5O/c1-21(2)14-6-4-13(5-7-14)15-12-19-17-9-8-16(20-22(15)17)18-10-11-23-3/h4-9,12H,10-11H2,1-3H3,(H,18,20). The zero-order valence-corrected chi connectivity index (χ0v) is 13.7. The van der Waals surface area contributed by atoms with Crippen molar-refractivity contribution in [3.63, 3.8) is 0 Å². The first-order chi connectivity index (χ1) is 11.2. The van der Waals surface area contributed by atoms with Gasteiger partial charge in [0.2, 0.25) is 0 Å². The van der Waals surface area contributed by atoms with Crippen LogP contribution in [0.3, 0.4) is 0 Å². The fourth-order valence-electron chi connectivity index (χ4n) is 2.38. The van der Waals surface area contributed by atoms with Crippen LogP contribution in [0, 0.1) is 0 Å². The Bertz CT molecular complexity index is 779. The number of rotatable bonds is 6. The van der Waals surface area contributed by atoms with Crippen molar-refractivity contribution in [3.8, 4) is 11.3 Å². The second-order valence-electron chi connectivity index (χ2n) is 5.49. The third-order valence-corrected chi connectivity index (χ3v) is 3.65. The summed E-state index contributed by atoms with van der Waals surface area (Å²) >= 11 is 0. The number of benzene rings is 1. The van der Waals surface area contributed by atoms with Gasteiger partial charge in [-0.15, -0.1) is 5.10 Å². The molecule has 2 aromatic heterocycles. The minimum Gasteiger partial charge on any atom is -0.383 e. The lowest BCUT2D eigenvalue weighted by Gasteiger charge is -2.12. The van der Waals surface area contributed by atoms with Crippen LogP contribution in [0.4, 0.5) is 11.5 Å². The number of fused-ring (bicyclic) bond motifs is 1. The van der Waals surface area contributed by atoms with Crippen molar-refractivity contribution in [2.75, 3.05) is 44.6 Å². The first kappa shape index (κ1) is 15.3. The van der Waals surface area contributed by atoms with Crippen molar-refractivity contribution in [2.45, 2.75) is 0 Å². The lowest BCUT2D eigenvalue weighted by atomic mass is 10.1. The van der Waals surface area contributed by atoms with E-state index < -0.39 is 0 Å². The molecule has 0 aliphatic heterocycles. The van der Waals surface area contributed by atoms with E-state index in [2.05, 4.69) is 44.6 Å². The van der Waals surface area contributed by atoms with Gasteiger partial charge in [0, 0.05) is 39.0 Å². The van der Waals surface area contributed by atoms with Gasteiger partial charge in [0.15, 0.2) is 5.65 Å². The molecule has 0 spiro atoms. The molecule has 1 N–H and O–H groups in total. The van der Waals surface area contributed by atoms with Gasteiger partial charge < -0.3 is 15.0 Å². The van der Waals surface area contributed by atoms with Gasteiger partial charge in [0.05, 0.1) is 18.5 Å². The fraction of sp³-hybridized carbons (Fsp3) is 0.294. The monoisotopic (exact) mass is 311 g/mol. The van der Waals surface area contributed by atoms with Gasteiger partial charge >= 0.3 is 0 Å². The summed E-state index contributed by atoms with van der Waals surface area (Å²) in [5.41, 5.74) is 4.05. The maximum absolute atomic E-state index is 5.05. The molecule has 0 atom stereocenters. The van der Waals surface area contributed by atoms with Gasteiger partial charge in [-0.1, -0.05) is 12.1 Å². The van der Waals surface area contributed by atoms with Crippen LogP contribution >= 0.6 is 0 Å². The summed E-state index contributed by atoms with van der Waals surface area (Å²) in [6.07, 6.45) is 1.85. The Hall–Kier alpha value is -2.60. The first-order valence-corrected chi connectivity index (χ1v) is 7.54. The Balaban J connectivity index is 1.92. The van der Waals surface area contributed by atoms with Crippen molar-refractivity contribution < 1.29 is 4.74 Å². The highest BCUT2D eigenvalue weighted by Crippen LogP contribution is 2.23. The predicted molar refractivity (Wildman–Crippen MR) is 93.1 cm³/mol. The molecule has 2 heterocycles. The second-order valence-corrected chi connectivity index (χ2v) is 5.49. The van der Waals surface area contributed by atoms with Crippen LogP contribution in [0.15, 0.2) is 42.6 Å². The molecule has 23 heavy (non-hydrogen) atoms. The topological polar surface area (TPSA) is 54.7 Å². The van der Waals surface area contributed by atoms with Crippen LogP contribution < -0.4 is 10.2 Å². The van der Waals surface area contributed by atoms with Crippen LogP contribution in [0.5, 0.6) is 0 Å². The average Bonchev–Trinajstić information content (AvgIpc) is 2.98. The van der Waals surface area contributed by atoms with E-state index in [-0.39, 0.29) is 0 Å². The normalized spacial score (nSPS) is 10.9. The Morgan fingerprint density at radius 3 is 2.61 bits per heavy atom. The number of methoxy groups -OCH3 is 1. The number of imidazole rings is 1. The summed E-state index contributed by atoms with van der Waals surface area (Å²) in [5.74, 6) is 0.804. The van der Waals surface area contributed by atoms with Crippen LogP contribution in [0.2, 0.25) is 0 Å². The molecule has 0 amide bonds. The predicted octanol–water partition coefficient (Wildman–Crippen LogP) is 2.52. The fourth-order valence-corrected chi connectivity index (χ4v) is 2.38. The number of nitrogens with zero attached hydrogens (tertiary/aromatic N) is 4. The van der Waals surface area contributed by atoms with E-state index in [9.17, 15) is 0 Å². The van der Waals surface area contributed by atoms with Crippen molar-refractivity contribution in [2.24, 2.45) is 0 Å². The van der Waals surface area contributed by atoms with Crippen molar-refractivity contribution >= 4 is 17.2 Å². The molecule has 6 nitrogen and oxygen atoms in total. The summed E-state index contributed by atoms with van der Waals surface area (Å²) in [5, 5.41) is 7.86. The zero-order valence-electron chi connectivity index (χ0n) is 13.7. The van der Waals surface area contributed by atoms with Crippen molar-refractivity contribution in [1.82, 2.24) is 14.6 Å². The summed E-state index contributed by atoms with van der Waals surface area (Å²) in [7, 11) is 5.75. The van der Waals surface area contributed by atoms with Crippen LogP contribution in [-0.2, 0) is 4.74 Å². The smallest absolute Gasteiger partial charge is 0.154 e. The van der Waals surface area contributed by atoms with Crippen molar-refractivity contribution in [1.29, 1.82) is 0 Å². The molecule has 1 aromatic carbocycles. The van der Waals surface area contributed by atoms with E-state index in [1.807, 2.05) is 36.9 Å². The largest absolute Gasteiger partial charge is 0.383 e. The summed E-state index contributed by atoms with van der Waals surface area (Å²) in [6.45, 7) is 1.36. The molecule has 0 saturated carbocycles. The Kier molecular flexibility index (Phi) is 4.43. The Morgan fingerprint density at radius 1 is 1.13 bits per heavy atom. The first-order valence-electron chi connectivity index (χ1n) is 7.54. The van der Waals surface area contributed by atoms with E-state index in [1.165, 1.54) is 0 Å². The highest BCUT2D eigenvalue weighted by Gasteiger charge is 2.08. The molecular weight excluding hydrogens is 290 g/mol. The minimum absolute atomic E-state index is 0.641. The van der Waals surface area contributed by atoms with Gasteiger partial charge in [0.1, 0.15) is 5.82 Å². The summed E-state index contributed by atoms with van der Waals surface area (Å²) in [6, 6.07) is 12.2. The van der Waals surface area contributed by atoms with Gasteiger partial charge in [-0.2, -0.15) is 0 Å². The van der Waals surface area contributed by atoms with E-state index in [4.69, 9.17) is 4.74 Å². The van der Waals surface area contributed by atoms with Gasteiger partial charge in [-0.25, -0.2) is 9.50 Å². The number of aromatic nitrogens is 3. The van der Waals surface area contributed by atoms with E-state index in [0.29, 0.717) is 6.61 Å². The molecule has 0 bridgehead atoms. The number of anilines is 2. The number of nitrogens with one attached hydrogen (secondary N) is 1. The molecule has 0 aliphatic rings. The molecule has 6 heteroatoms. The van der Waals surface area contributed by atoms with Crippen LogP contribution in [0.25, 0.3) is 16.9 Å². The maximum Gasteiger partial charge on any atom is 0.154 e. The lowest BCUT2D eigenvalue weighted by Crippen LogP contribution is -2.10. The van der Waals surface area contributed by atoms with Crippen LogP contribution in [0.1, 0.15) is 0 Å². The Morgan fingerprint density at radius 2 is 1.91 bits per heavy atom. The SMILES string of the molecule is COCCNc1ccc2ncc(-c3ccc(N(C)C)cc3)n2n1. The third kappa shape index (κ3) is 3.27. The molecule has 3 aromatic rings. The number of hydrogen-bond acceptors (Lipinski definition) is 5. The molecule has 120 valence electrons. The Labute approximate surface area is 135 Å². The third-order valence-electron chi connectivity index (χ3n) is 3.65. The highest BCUT2D eigenvalue weighted by molar-refractivity contribution is 5.66. The summed E-state index contributed by atoms with van der Waals surface area (Å²) < 4.78 is 6.91. The van der Waals surface area contributed by atoms with E-state index in [0.717, 1.165) is 35.0 Å². The summed E-state index contributed by atoms with van der Waals surface area (Å²) in [4.78, 5) is 6.51. The number of hydrogen-bond donors (Lipinski definition) is 1. The molecular formula is C17H21N5O. The minimum atomic E-state index is 0.641. The van der Waals surface area contributed by atoms with Gasteiger partial charge in [0.25, 0.3) is 0 Å². The van der Waals surface area contributed by atoms with Crippen LogP contribution in [-0.4, -0.2) is 49.0 Å². The van der Waals surface area contributed by atoms with Gasteiger partial charge in [-0.05, 0) is 24.3 Å². The van der Waals surface area contributed by atoms with E-state index in [1.54, 1.807) is 7.11 Å². The maximum atomic E-state index is 5.05. The highest BCUT2D eigenvalue weighted by atomic mass is 16.5. The van der Waals surface area contributed by atoms with Crippen molar-refractivity contribution in [3.05, 3.63) is 42.6 Å². The lowest BCUT2D eigenvalue weighted by molar-refractivity contribution is 0.210. The molecule has 0 saturated heterocycles. The van der Waals surface area contributed by atoms with Gasteiger partial charge in [-0.3, -0.25) is 0 Å². The molecule has 0 radical (unpaired) electrons. The molecule has 0 fully saturated rings. The second kappa shape index (κ2) is 6.66. The number of ether oxygens (including phenoxy) is 1. The molecule has 3 rings (SSSR count). The molecule has 0 unspecified atom stereocenters. The quantitative estimate of drug-likeness (QED) is 0.709. The molecule has 0 aliphatic carbocycles. The zero-order chi connectivity index (χ0) is 16.2. The van der Waals surface area contributed by atoms with E-state index >= 15 is 0 Å². The average molecular weight is 311 g/mol.